The predicted molar refractivity (Wildman–Crippen MR) is 79.7 cm³/mol. The molecular formula is C15H14F2N2O4S. The molecule has 128 valence electrons. The van der Waals surface area contributed by atoms with Gasteiger partial charge >= 0.3 is 0 Å². The molecule has 9 heteroatoms. The van der Waals surface area contributed by atoms with Gasteiger partial charge in [-0.05, 0) is 30.3 Å². The Kier molecular flexibility index (Phi) is 4.37. The molecular weight excluding hydrogens is 342 g/mol. The van der Waals surface area contributed by atoms with Crippen LogP contribution >= 0.6 is 0 Å². The zero-order valence-corrected chi connectivity index (χ0v) is 13.3. The molecule has 1 saturated heterocycles. The number of hydrogen-bond acceptors (Lipinski definition) is 4. The molecule has 24 heavy (non-hydrogen) atoms. The Bertz CT molecular complexity index is 844. The van der Waals surface area contributed by atoms with E-state index in [2.05, 4.69) is 0 Å². The van der Waals surface area contributed by atoms with E-state index in [0.717, 1.165) is 16.4 Å². The molecule has 0 saturated carbocycles. The lowest BCUT2D eigenvalue weighted by Gasteiger charge is -2.33. The van der Waals surface area contributed by atoms with Crippen LogP contribution in [0.15, 0.2) is 45.9 Å². The summed E-state index contributed by atoms with van der Waals surface area (Å²) < 4.78 is 58.0. The van der Waals surface area contributed by atoms with Gasteiger partial charge in [0.05, 0.1) is 6.26 Å². The van der Waals surface area contributed by atoms with Gasteiger partial charge in [0.1, 0.15) is 16.5 Å². The van der Waals surface area contributed by atoms with Crippen molar-refractivity contribution in [2.75, 3.05) is 26.2 Å². The summed E-state index contributed by atoms with van der Waals surface area (Å²) in [7, 11) is -4.16. The lowest BCUT2D eigenvalue weighted by atomic mass is 10.3. The third-order valence-electron chi connectivity index (χ3n) is 3.77. The summed E-state index contributed by atoms with van der Waals surface area (Å²) in [5.74, 6) is -2.01. The Morgan fingerprint density at radius 1 is 1.08 bits per heavy atom. The number of nitrogens with zero attached hydrogens (tertiary/aromatic N) is 2. The van der Waals surface area contributed by atoms with E-state index in [9.17, 15) is 22.0 Å². The summed E-state index contributed by atoms with van der Waals surface area (Å²) >= 11 is 0. The zero-order valence-electron chi connectivity index (χ0n) is 12.5. The van der Waals surface area contributed by atoms with Crippen molar-refractivity contribution in [3.05, 3.63) is 54.0 Å². The predicted octanol–water partition coefficient (Wildman–Crippen LogP) is 1.70. The van der Waals surface area contributed by atoms with Crippen LogP contribution in [0.2, 0.25) is 0 Å². The molecule has 1 aliphatic heterocycles. The van der Waals surface area contributed by atoms with Gasteiger partial charge in [-0.25, -0.2) is 17.2 Å². The van der Waals surface area contributed by atoms with Gasteiger partial charge in [-0.3, -0.25) is 4.79 Å². The van der Waals surface area contributed by atoms with Crippen LogP contribution in [-0.4, -0.2) is 49.7 Å². The number of piperazine rings is 1. The number of sulfonamides is 1. The van der Waals surface area contributed by atoms with Crippen molar-refractivity contribution in [2.45, 2.75) is 4.90 Å². The van der Waals surface area contributed by atoms with E-state index in [-0.39, 0.29) is 37.8 Å². The summed E-state index contributed by atoms with van der Waals surface area (Å²) in [6, 6.07) is 5.40. The second-order valence-electron chi connectivity index (χ2n) is 5.25. The van der Waals surface area contributed by atoms with E-state index >= 15 is 0 Å². The van der Waals surface area contributed by atoms with Crippen molar-refractivity contribution < 1.29 is 26.4 Å². The average molecular weight is 356 g/mol. The van der Waals surface area contributed by atoms with Crippen molar-refractivity contribution >= 4 is 15.9 Å². The molecule has 0 spiro atoms. The average Bonchev–Trinajstić information content (AvgIpc) is 3.11. The largest absolute Gasteiger partial charge is 0.459 e. The number of rotatable bonds is 3. The summed E-state index contributed by atoms with van der Waals surface area (Å²) in [5, 5.41) is 0. The fourth-order valence-corrected chi connectivity index (χ4v) is 4.00. The van der Waals surface area contributed by atoms with Gasteiger partial charge < -0.3 is 9.32 Å². The minimum absolute atomic E-state index is 0.00919. The van der Waals surface area contributed by atoms with Crippen LogP contribution < -0.4 is 0 Å². The Labute approximate surface area is 137 Å². The number of amides is 1. The number of furan rings is 1. The van der Waals surface area contributed by atoms with Crippen molar-refractivity contribution in [3.8, 4) is 0 Å². The fourth-order valence-electron chi connectivity index (χ4n) is 2.50. The van der Waals surface area contributed by atoms with E-state index in [0.29, 0.717) is 6.07 Å². The smallest absolute Gasteiger partial charge is 0.289 e. The number of carbonyl (C=O) groups excluding carboxylic acids is 1. The number of benzene rings is 1. The minimum Gasteiger partial charge on any atom is -0.459 e. The Morgan fingerprint density at radius 2 is 1.79 bits per heavy atom. The molecule has 0 unspecified atom stereocenters. The standard InChI is InChI=1S/C15H14F2N2O4S/c16-11-3-4-12(17)14(10-11)24(21,22)19-7-5-18(6-8-19)15(20)13-2-1-9-23-13/h1-4,9-10H,5-8H2. The third-order valence-corrected chi connectivity index (χ3v) is 5.68. The lowest BCUT2D eigenvalue weighted by molar-refractivity contribution is 0.0666. The molecule has 6 nitrogen and oxygen atoms in total. The second kappa shape index (κ2) is 6.33. The van der Waals surface area contributed by atoms with Crippen LogP contribution in [0.3, 0.4) is 0 Å². The summed E-state index contributed by atoms with van der Waals surface area (Å²) in [6.07, 6.45) is 1.38. The van der Waals surface area contributed by atoms with Gasteiger partial charge in [0.2, 0.25) is 10.0 Å². The van der Waals surface area contributed by atoms with Crippen LogP contribution in [0.4, 0.5) is 8.78 Å². The molecule has 0 bridgehead atoms. The van der Waals surface area contributed by atoms with E-state index in [1.165, 1.54) is 17.2 Å². The zero-order chi connectivity index (χ0) is 17.3. The molecule has 1 fully saturated rings. The van der Waals surface area contributed by atoms with Gasteiger partial charge in [-0.15, -0.1) is 0 Å². The molecule has 0 aliphatic carbocycles. The van der Waals surface area contributed by atoms with Crippen LogP contribution in [0.25, 0.3) is 0 Å². The van der Waals surface area contributed by atoms with Crippen molar-refractivity contribution in [1.29, 1.82) is 0 Å². The molecule has 3 rings (SSSR count). The van der Waals surface area contributed by atoms with E-state index < -0.39 is 26.6 Å². The molecule has 2 aromatic rings. The molecule has 0 atom stereocenters. The van der Waals surface area contributed by atoms with E-state index in [4.69, 9.17) is 4.42 Å². The third kappa shape index (κ3) is 3.04. The Hall–Kier alpha value is -2.26. The lowest BCUT2D eigenvalue weighted by Crippen LogP contribution is -2.50. The molecule has 1 amide bonds. The molecule has 1 aliphatic rings. The molecule has 0 N–H and O–H groups in total. The fraction of sp³-hybridized carbons (Fsp3) is 0.267. The first kappa shape index (κ1) is 16.6. The van der Waals surface area contributed by atoms with Crippen LogP contribution in [0.5, 0.6) is 0 Å². The van der Waals surface area contributed by atoms with Crippen LogP contribution in [0.1, 0.15) is 10.6 Å². The maximum absolute atomic E-state index is 13.8. The first-order valence-corrected chi connectivity index (χ1v) is 8.61. The number of halogens is 2. The molecule has 1 aromatic carbocycles. The van der Waals surface area contributed by atoms with Crippen molar-refractivity contribution in [3.63, 3.8) is 0 Å². The van der Waals surface area contributed by atoms with Crippen LogP contribution in [-0.2, 0) is 10.0 Å². The SMILES string of the molecule is O=C(c1ccco1)N1CCN(S(=O)(=O)c2cc(F)ccc2F)CC1. The first-order valence-electron chi connectivity index (χ1n) is 7.17. The molecule has 1 aromatic heterocycles. The van der Waals surface area contributed by atoms with Crippen molar-refractivity contribution in [2.24, 2.45) is 0 Å². The highest BCUT2D eigenvalue weighted by atomic mass is 32.2. The maximum atomic E-state index is 13.8. The maximum Gasteiger partial charge on any atom is 0.289 e. The summed E-state index contributed by atoms with van der Waals surface area (Å²) in [4.78, 5) is 12.9. The van der Waals surface area contributed by atoms with E-state index in [1.54, 1.807) is 6.07 Å². The molecule has 2 heterocycles. The van der Waals surface area contributed by atoms with Gasteiger partial charge in [-0.2, -0.15) is 4.31 Å². The highest BCUT2D eigenvalue weighted by Crippen LogP contribution is 2.22. The monoisotopic (exact) mass is 356 g/mol. The number of hydrogen-bond donors (Lipinski definition) is 0. The second-order valence-corrected chi connectivity index (χ2v) is 7.15. The molecule has 0 radical (unpaired) electrons. The highest BCUT2D eigenvalue weighted by molar-refractivity contribution is 7.89. The van der Waals surface area contributed by atoms with Gasteiger partial charge in [0.25, 0.3) is 5.91 Å². The quantitative estimate of drug-likeness (QED) is 0.839. The van der Waals surface area contributed by atoms with Gasteiger partial charge in [0, 0.05) is 26.2 Å². The van der Waals surface area contributed by atoms with Gasteiger partial charge in [-0.1, -0.05) is 0 Å². The number of carbonyl (C=O) groups is 1. The minimum atomic E-state index is -4.16. The highest BCUT2D eigenvalue weighted by Gasteiger charge is 2.32. The first-order chi connectivity index (χ1) is 11.4. The summed E-state index contributed by atoms with van der Waals surface area (Å²) in [5.41, 5.74) is 0. The normalized spacial score (nSPS) is 16.3. The van der Waals surface area contributed by atoms with E-state index in [1.807, 2.05) is 0 Å². The topological polar surface area (TPSA) is 70.8 Å². The Balaban J connectivity index is 1.74. The van der Waals surface area contributed by atoms with Gasteiger partial charge in [0.15, 0.2) is 5.76 Å². The van der Waals surface area contributed by atoms with Crippen molar-refractivity contribution in [1.82, 2.24) is 9.21 Å². The van der Waals surface area contributed by atoms with Crippen LogP contribution in [0, 0.1) is 11.6 Å². The summed E-state index contributed by atoms with van der Waals surface area (Å²) in [6.45, 7) is 0.251. The Morgan fingerprint density at radius 3 is 2.42 bits per heavy atom.